The number of carbonyl (C=O) groups excluding carboxylic acids is 3. The van der Waals surface area contributed by atoms with Crippen molar-refractivity contribution >= 4 is 29.6 Å². The number of carbonyl (C=O) groups is 3. The van der Waals surface area contributed by atoms with E-state index < -0.39 is 24.5 Å². The molecule has 0 unspecified atom stereocenters. The first-order valence-electron chi connectivity index (χ1n) is 8.81. The van der Waals surface area contributed by atoms with E-state index >= 15 is 0 Å². The number of methoxy groups -OCH3 is 1. The third-order valence-corrected chi connectivity index (χ3v) is 3.74. The maximum absolute atomic E-state index is 12.7. The van der Waals surface area contributed by atoms with Gasteiger partial charge in [0.2, 0.25) is 0 Å². The predicted molar refractivity (Wildman–Crippen MR) is 110 cm³/mol. The molecule has 2 N–H and O–H groups in total. The SMILES string of the molecule is C=CCNC(=O)NC(=O)COC(=O)/C(=C/c1ccccc1OC)c1ccccc1. The fraction of sp³-hybridized carbons (Fsp3) is 0.136. The summed E-state index contributed by atoms with van der Waals surface area (Å²) in [7, 11) is 1.54. The van der Waals surface area contributed by atoms with Crippen molar-refractivity contribution < 1.29 is 23.9 Å². The van der Waals surface area contributed by atoms with Crippen LogP contribution in [0.25, 0.3) is 11.6 Å². The molecule has 2 aromatic carbocycles. The lowest BCUT2D eigenvalue weighted by Gasteiger charge is -2.11. The first-order chi connectivity index (χ1) is 14.0. The Bertz CT molecular complexity index is 906. The molecule has 0 saturated heterocycles. The van der Waals surface area contributed by atoms with Crippen molar-refractivity contribution in [2.75, 3.05) is 20.3 Å². The molecule has 150 valence electrons. The van der Waals surface area contributed by atoms with Gasteiger partial charge in [0.05, 0.1) is 12.7 Å². The molecule has 2 rings (SSSR count). The number of imide groups is 1. The number of rotatable bonds is 8. The Morgan fingerprint density at radius 3 is 2.41 bits per heavy atom. The Morgan fingerprint density at radius 2 is 1.72 bits per heavy atom. The van der Waals surface area contributed by atoms with E-state index in [1.165, 1.54) is 13.2 Å². The van der Waals surface area contributed by atoms with Gasteiger partial charge in [-0.1, -0.05) is 54.6 Å². The Kier molecular flexibility index (Phi) is 8.19. The molecule has 29 heavy (non-hydrogen) atoms. The smallest absolute Gasteiger partial charge is 0.339 e. The summed E-state index contributed by atoms with van der Waals surface area (Å²) in [6, 6.07) is 15.4. The quantitative estimate of drug-likeness (QED) is 0.311. The molecule has 0 aliphatic carbocycles. The van der Waals surface area contributed by atoms with Gasteiger partial charge in [-0.3, -0.25) is 10.1 Å². The van der Waals surface area contributed by atoms with E-state index in [0.717, 1.165) is 0 Å². The molecule has 2 aromatic rings. The zero-order valence-electron chi connectivity index (χ0n) is 16.0. The molecule has 0 aliphatic rings. The molecule has 0 atom stereocenters. The number of ether oxygens (including phenoxy) is 2. The largest absolute Gasteiger partial charge is 0.496 e. The normalized spacial score (nSPS) is 10.6. The van der Waals surface area contributed by atoms with E-state index in [4.69, 9.17) is 9.47 Å². The van der Waals surface area contributed by atoms with E-state index in [1.54, 1.807) is 42.5 Å². The van der Waals surface area contributed by atoms with Gasteiger partial charge >= 0.3 is 12.0 Å². The number of para-hydroxylation sites is 1. The number of esters is 1. The maximum atomic E-state index is 12.7. The second-order valence-electron chi connectivity index (χ2n) is 5.79. The van der Waals surface area contributed by atoms with Crippen molar-refractivity contribution in [2.45, 2.75) is 0 Å². The van der Waals surface area contributed by atoms with Gasteiger partial charge in [-0.25, -0.2) is 9.59 Å². The highest BCUT2D eigenvalue weighted by atomic mass is 16.5. The fourth-order valence-electron chi connectivity index (χ4n) is 2.40. The molecular weight excluding hydrogens is 372 g/mol. The summed E-state index contributed by atoms with van der Waals surface area (Å²) in [6.45, 7) is 3.06. The van der Waals surface area contributed by atoms with Gasteiger partial charge in [-0.05, 0) is 17.7 Å². The summed E-state index contributed by atoms with van der Waals surface area (Å²) in [5.74, 6) is -0.862. The molecule has 0 aromatic heterocycles. The van der Waals surface area contributed by atoms with Crippen LogP contribution in [-0.4, -0.2) is 38.2 Å². The minimum atomic E-state index is -0.746. The summed E-state index contributed by atoms with van der Waals surface area (Å²) in [5.41, 5.74) is 1.55. The molecular formula is C22H22N2O5. The monoisotopic (exact) mass is 394 g/mol. The second kappa shape index (κ2) is 11.1. The van der Waals surface area contributed by atoms with Gasteiger partial charge in [-0.2, -0.15) is 0 Å². The highest BCUT2D eigenvalue weighted by Crippen LogP contribution is 2.25. The van der Waals surface area contributed by atoms with Crippen molar-refractivity contribution in [1.82, 2.24) is 10.6 Å². The van der Waals surface area contributed by atoms with Crippen LogP contribution in [0.15, 0.2) is 67.3 Å². The van der Waals surface area contributed by atoms with E-state index in [0.29, 0.717) is 16.9 Å². The van der Waals surface area contributed by atoms with Crippen molar-refractivity contribution in [3.63, 3.8) is 0 Å². The Balaban J connectivity index is 2.16. The maximum Gasteiger partial charge on any atom is 0.339 e. The van der Waals surface area contributed by atoms with Gasteiger partial charge in [0.15, 0.2) is 6.61 Å². The Hall–Kier alpha value is -3.87. The third kappa shape index (κ3) is 6.66. The van der Waals surface area contributed by atoms with Crippen molar-refractivity contribution in [3.8, 4) is 5.75 Å². The fourth-order valence-corrected chi connectivity index (χ4v) is 2.40. The number of benzene rings is 2. The molecule has 0 saturated carbocycles. The van der Waals surface area contributed by atoms with Gasteiger partial charge in [-0.15, -0.1) is 6.58 Å². The van der Waals surface area contributed by atoms with E-state index in [9.17, 15) is 14.4 Å². The molecule has 0 bridgehead atoms. The number of urea groups is 1. The topological polar surface area (TPSA) is 93.7 Å². The van der Waals surface area contributed by atoms with Crippen LogP contribution >= 0.6 is 0 Å². The highest BCUT2D eigenvalue weighted by molar-refractivity contribution is 6.22. The lowest BCUT2D eigenvalue weighted by atomic mass is 10.0. The third-order valence-electron chi connectivity index (χ3n) is 3.74. The summed E-state index contributed by atoms with van der Waals surface area (Å²) in [4.78, 5) is 36.0. The molecule has 0 aliphatic heterocycles. The molecule has 7 heteroatoms. The number of amides is 3. The molecule has 0 fully saturated rings. The van der Waals surface area contributed by atoms with Crippen LogP contribution in [-0.2, 0) is 14.3 Å². The predicted octanol–water partition coefficient (Wildman–Crippen LogP) is 2.79. The first kappa shape index (κ1) is 21.4. The van der Waals surface area contributed by atoms with Gasteiger partial charge in [0, 0.05) is 12.1 Å². The molecule has 0 heterocycles. The summed E-state index contributed by atoms with van der Waals surface area (Å²) in [6.07, 6.45) is 3.10. The number of nitrogens with one attached hydrogen (secondary N) is 2. The highest BCUT2D eigenvalue weighted by Gasteiger charge is 2.17. The van der Waals surface area contributed by atoms with Gasteiger partial charge in [0.1, 0.15) is 5.75 Å². The summed E-state index contributed by atoms with van der Waals surface area (Å²) < 4.78 is 10.4. The minimum absolute atomic E-state index is 0.207. The Morgan fingerprint density at radius 1 is 1.03 bits per heavy atom. The van der Waals surface area contributed by atoms with Crippen molar-refractivity contribution in [1.29, 1.82) is 0 Å². The van der Waals surface area contributed by atoms with Gasteiger partial charge < -0.3 is 14.8 Å². The van der Waals surface area contributed by atoms with E-state index in [-0.39, 0.29) is 12.1 Å². The van der Waals surface area contributed by atoms with Crippen molar-refractivity contribution in [3.05, 3.63) is 78.4 Å². The first-order valence-corrected chi connectivity index (χ1v) is 8.81. The average Bonchev–Trinajstić information content (AvgIpc) is 2.75. The minimum Gasteiger partial charge on any atom is -0.496 e. The van der Waals surface area contributed by atoms with Crippen LogP contribution in [0.4, 0.5) is 4.79 Å². The summed E-state index contributed by atoms with van der Waals surface area (Å²) >= 11 is 0. The molecule has 7 nitrogen and oxygen atoms in total. The van der Waals surface area contributed by atoms with Crippen LogP contribution in [0, 0.1) is 0 Å². The zero-order valence-corrected chi connectivity index (χ0v) is 16.0. The van der Waals surface area contributed by atoms with Crippen LogP contribution in [0.1, 0.15) is 11.1 Å². The summed E-state index contributed by atoms with van der Waals surface area (Å²) in [5, 5.41) is 4.45. The van der Waals surface area contributed by atoms with Crippen LogP contribution < -0.4 is 15.4 Å². The van der Waals surface area contributed by atoms with Crippen molar-refractivity contribution in [2.24, 2.45) is 0 Å². The molecule has 0 radical (unpaired) electrons. The number of hydrogen-bond acceptors (Lipinski definition) is 5. The standard InChI is InChI=1S/C22H22N2O5/c1-3-13-23-22(27)24-20(25)15-29-21(26)18(16-9-5-4-6-10-16)14-17-11-7-8-12-19(17)28-2/h3-12,14H,1,13,15H2,2H3,(H2,23,24,25,27)/b18-14+. The lowest BCUT2D eigenvalue weighted by molar-refractivity contribution is -0.142. The Labute approximate surface area is 169 Å². The second-order valence-corrected chi connectivity index (χ2v) is 5.79. The lowest BCUT2D eigenvalue weighted by Crippen LogP contribution is -2.41. The molecule has 3 amide bonds. The van der Waals surface area contributed by atoms with Gasteiger partial charge in [0.25, 0.3) is 5.91 Å². The zero-order chi connectivity index (χ0) is 21.1. The number of hydrogen-bond donors (Lipinski definition) is 2. The van der Waals surface area contributed by atoms with Crippen LogP contribution in [0.5, 0.6) is 5.75 Å². The van der Waals surface area contributed by atoms with E-state index in [1.807, 2.05) is 18.2 Å². The van der Waals surface area contributed by atoms with Crippen LogP contribution in [0.2, 0.25) is 0 Å². The van der Waals surface area contributed by atoms with E-state index in [2.05, 4.69) is 17.2 Å². The van der Waals surface area contributed by atoms with Crippen LogP contribution in [0.3, 0.4) is 0 Å². The molecule has 0 spiro atoms. The average molecular weight is 394 g/mol.